The van der Waals surface area contributed by atoms with Gasteiger partial charge in [-0.3, -0.25) is 9.59 Å². The summed E-state index contributed by atoms with van der Waals surface area (Å²) in [6.45, 7) is 4.03. The van der Waals surface area contributed by atoms with Crippen LogP contribution in [0.25, 0.3) is 11.2 Å². The van der Waals surface area contributed by atoms with E-state index in [-0.39, 0.29) is 23.0 Å². The lowest BCUT2D eigenvalue weighted by Gasteiger charge is -2.15. The number of rotatable bonds is 6. The molecule has 0 spiro atoms. The highest BCUT2D eigenvalue weighted by molar-refractivity contribution is 6.04. The molecule has 8 nitrogen and oxygen atoms in total. The summed E-state index contributed by atoms with van der Waals surface area (Å²) >= 11 is 0. The van der Waals surface area contributed by atoms with E-state index in [2.05, 4.69) is 32.2 Å². The first kappa shape index (κ1) is 19.6. The standard InChI is InChI=1S/C17H19F3N6O2/c1-2-13(27)26-6-3-10(9-26)24-12-8-23-15-14(25-12)11(7-22-15)16(28)21-5-4-17(18,19)20/h2,7-8,10H,1,3-6,9H2,(H,21,28)(H,22,23)(H,24,25)/t10-/m1/s1. The fraction of sp³-hybridized carbons (Fsp3) is 0.412. The van der Waals surface area contributed by atoms with E-state index >= 15 is 0 Å². The van der Waals surface area contributed by atoms with Gasteiger partial charge >= 0.3 is 6.18 Å². The van der Waals surface area contributed by atoms with E-state index in [9.17, 15) is 22.8 Å². The van der Waals surface area contributed by atoms with Gasteiger partial charge in [0.2, 0.25) is 5.91 Å². The highest BCUT2D eigenvalue weighted by atomic mass is 19.4. The fourth-order valence-electron chi connectivity index (χ4n) is 2.96. The second kappa shape index (κ2) is 7.87. The monoisotopic (exact) mass is 396 g/mol. The van der Waals surface area contributed by atoms with Crippen molar-refractivity contribution >= 4 is 28.8 Å². The van der Waals surface area contributed by atoms with Crippen molar-refractivity contribution in [2.75, 3.05) is 25.0 Å². The van der Waals surface area contributed by atoms with Crippen molar-refractivity contribution in [1.29, 1.82) is 0 Å². The van der Waals surface area contributed by atoms with Crippen molar-refractivity contribution in [2.24, 2.45) is 0 Å². The lowest BCUT2D eigenvalue weighted by atomic mass is 10.2. The molecule has 2 amide bonds. The van der Waals surface area contributed by atoms with Crippen LogP contribution in [0.4, 0.5) is 19.0 Å². The quantitative estimate of drug-likeness (QED) is 0.647. The Kier molecular flexibility index (Phi) is 5.52. The van der Waals surface area contributed by atoms with Gasteiger partial charge in [-0.05, 0) is 12.5 Å². The Morgan fingerprint density at radius 1 is 1.43 bits per heavy atom. The minimum absolute atomic E-state index is 0.0290. The molecule has 2 aromatic heterocycles. The zero-order valence-electron chi connectivity index (χ0n) is 14.8. The van der Waals surface area contributed by atoms with Crippen LogP contribution in [-0.4, -0.2) is 63.5 Å². The van der Waals surface area contributed by atoms with E-state index in [1.54, 1.807) is 4.90 Å². The predicted octanol–water partition coefficient (Wildman–Crippen LogP) is 1.84. The summed E-state index contributed by atoms with van der Waals surface area (Å²) in [5.74, 6) is -0.394. The van der Waals surface area contributed by atoms with Crippen LogP contribution in [-0.2, 0) is 4.79 Å². The van der Waals surface area contributed by atoms with E-state index < -0.39 is 25.0 Å². The van der Waals surface area contributed by atoms with Gasteiger partial charge in [-0.15, -0.1) is 0 Å². The van der Waals surface area contributed by atoms with E-state index in [4.69, 9.17) is 0 Å². The van der Waals surface area contributed by atoms with E-state index in [0.29, 0.717) is 24.6 Å². The van der Waals surface area contributed by atoms with Crippen molar-refractivity contribution in [3.8, 4) is 0 Å². The second-order valence-electron chi connectivity index (χ2n) is 6.39. The number of likely N-dealkylation sites (tertiary alicyclic amines) is 1. The van der Waals surface area contributed by atoms with Gasteiger partial charge in [-0.25, -0.2) is 9.97 Å². The summed E-state index contributed by atoms with van der Waals surface area (Å²) in [7, 11) is 0. The van der Waals surface area contributed by atoms with Gasteiger partial charge in [0.05, 0.1) is 18.2 Å². The van der Waals surface area contributed by atoms with Crippen molar-refractivity contribution < 1.29 is 22.8 Å². The van der Waals surface area contributed by atoms with Gasteiger partial charge in [-0.1, -0.05) is 6.58 Å². The number of halogens is 3. The number of amides is 2. The van der Waals surface area contributed by atoms with Crippen molar-refractivity contribution in [3.63, 3.8) is 0 Å². The molecule has 3 heterocycles. The van der Waals surface area contributed by atoms with Crippen LogP contribution in [0.5, 0.6) is 0 Å². The maximum Gasteiger partial charge on any atom is 0.390 e. The number of carbonyl (C=O) groups excluding carboxylic acids is 2. The summed E-state index contributed by atoms with van der Waals surface area (Å²) in [5, 5.41) is 5.40. The third kappa shape index (κ3) is 4.59. The SMILES string of the molecule is C=CC(=O)N1CC[C@@H](Nc2cnc3[nH]cc(C(=O)NCCC(F)(F)F)c3n2)C1. The Bertz CT molecular complexity index is 895. The molecule has 28 heavy (non-hydrogen) atoms. The molecule has 1 saturated heterocycles. The molecule has 0 saturated carbocycles. The van der Waals surface area contributed by atoms with Crippen molar-refractivity contribution in [3.05, 3.63) is 30.6 Å². The molecule has 1 fully saturated rings. The number of nitrogens with one attached hydrogen (secondary N) is 3. The van der Waals surface area contributed by atoms with E-state index in [1.807, 2.05) is 0 Å². The molecule has 1 aliphatic rings. The Morgan fingerprint density at radius 2 is 2.21 bits per heavy atom. The number of fused-ring (bicyclic) bond motifs is 1. The van der Waals surface area contributed by atoms with E-state index in [1.165, 1.54) is 18.5 Å². The number of hydrogen-bond donors (Lipinski definition) is 3. The summed E-state index contributed by atoms with van der Waals surface area (Å²) in [5.41, 5.74) is 0.719. The minimum atomic E-state index is -4.34. The van der Waals surface area contributed by atoms with Crippen LogP contribution in [0.2, 0.25) is 0 Å². The first-order valence-corrected chi connectivity index (χ1v) is 8.64. The molecule has 0 aromatic carbocycles. The molecule has 0 radical (unpaired) electrons. The number of aromatic nitrogens is 3. The highest BCUT2D eigenvalue weighted by Crippen LogP contribution is 2.20. The average molecular weight is 396 g/mol. The maximum absolute atomic E-state index is 12.2. The Hall–Kier alpha value is -3.11. The van der Waals surface area contributed by atoms with Crippen LogP contribution in [0.3, 0.4) is 0 Å². The predicted molar refractivity (Wildman–Crippen MR) is 95.7 cm³/mol. The largest absolute Gasteiger partial charge is 0.390 e. The zero-order chi connectivity index (χ0) is 20.3. The Balaban J connectivity index is 1.68. The van der Waals surface area contributed by atoms with Crippen LogP contribution in [0.15, 0.2) is 25.0 Å². The summed E-state index contributed by atoms with van der Waals surface area (Å²) in [4.78, 5) is 36.8. The van der Waals surface area contributed by atoms with Crippen LogP contribution in [0.1, 0.15) is 23.2 Å². The molecule has 0 aliphatic carbocycles. The van der Waals surface area contributed by atoms with Gasteiger partial charge in [0.1, 0.15) is 11.3 Å². The number of aromatic amines is 1. The molecule has 2 aromatic rings. The lowest BCUT2D eigenvalue weighted by Crippen LogP contribution is -2.30. The smallest absolute Gasteiger partial charge is 0.364 e. The van der Waals surface area contributed by atoms with Crippen molar-refractivity contribution in [2.45, 2.75) is 25.1 Å². The number of hydrogen-bond acceptors (Lipinski definition) is 5. The highest BCUT2D eigenvalue weighted by Gasteiger charge is 2.27. The molecule has 11 heteroatoms. The molecule has 0 bridgehead atoms. The third-order valence-electron chi connectivity index (χ3n) is 4.35. The maximum atomic E-state index is 12.2. The Morgan fingerprint density at radius 3 is 2.93 bits per heavy atom. The van der Waals surface area contributed by atoms with Crippen LogP contribution < -0.4 is 10.6 Å². The molecule has 150 valence electrons. The number of nitrogens with zero attached hydrogens (tertiary/aromatic N) is 3. The minimum Gasteiger partial charge on any atom is -0.364 e. The van der Waals surface area contributed by atoms with Crippen LogP contribution >= 0.6 is 0 Å². The number of carbonyl (C=O) groups is 2. The fourth-order valence-corrected chi connectivity index (χ4v) is 2.96. The van der Waals surface area contributed by atoms with Gasteiger partial charge in [0.25, 0.3) is 5.91 Å². The second-order valence-corrected chi connectivity index (χ2v) is 6.39. The number of anilines is 1. The molecule has 0 unspecified atom stereocenters. The molecular weight excluding hydrogens is 377 g/mol. The molecule has 1 atom stereocenters. The van der Waals surface area contributed by atoms with Gasteiger partial charge in [0, 0.05) is 31.9 Å². The summed E-state index contributed by atoms with van der Waals surface area (Å²) in [6, 6.07) is -0.0290. The van der Waals surface area contributed by atoms with Crippen molar-refractivity contribution in [1.82, 2.24) is 25.2 Å². The molecular formula is C17H19F3N6O2. The van der Waals surface area contributed by atoms with Crippen LogP contribution in [0, 0.1) is 0 Å². The van der Waals surface area contributed by atoms with Gasteiger partial charge < -0.3 is 20.5 Å². The number of alkyl halides is 3. The molecule has 3 N–H and O–H groups in total. The topological polar surface area (TPSA) is 103 Å². The van der Waals surface area contributed by atoms with Gasteiger partial charge in [0.15, 0.2) is 5.65 Å². The average Bonchev–Trinajstić information content (AvgIpc) is 3.26. The number of H-pyrrole nitrogens is 1. The first-order chi connectivity index (χ1) is 13.3. The molecule has 3 rings (SSSR count). The molecule has 1 aliphatic heterocycles. The van der Waals surface area contributed by atoms with E-state index in [0.717, 1.165) is 6.42 Å². The first-order valence-electron chi connectivity index (χ1n) is 8.64. The summed E-state index contributed by atoms with van der Waals surface area (Å²) in [6.07, 6.45) is -0.623. The van der Waals surface area contributed by atoms with Gasteiger partial charge in [-0.2, -0.15) is 13.2 Å². The summed E-state index contributed by atoms with van der Waals surface area (Å²) < 4.78 is 36.7. The normalized spacial score (nSPS) is 17.0. The lowest BCUT2D eigenvalue weighted by molar-refractivity contribution is -0.133. The Labute approximate surface area is 158 Å². The zero-order valence-corrected chi connectivity index (χ0v) is 14.8. The third-order valence-corrected chi connectivity index (χ3v) is 4.35.